The molecule has 2 aromatic rings. The van der Waals surface area contributed by atoms with Crippen molar-refractivity contribution in [1.29, 1.82) is 0 Å². The van der Waals surface area contributed by atoms with Crippen molar-refractivity contribution in [2.45, 2.75) is 24.9 Å². The zero-order chi connectivity index (χ0) is 15.5. The highest BCUT2D eigenvalue weighted by molar-refractivity contribution is 7.89. The topological polar surface area (TPSA) is 62.6 Å². The maximum atomic E-state index is 12.7. The van der Waals surface area contributed by atoms with E-state index in [1.807, 2.05) is 19.1 Å². The van der Waals surface area contributed by atoms with Crippen LogP contribution in [0.3, 0.4) is 0 Å². The van der Waals surface area contributed by atoms with Gasteiger partial charge in [0.25, 0.3) is 0 Å². The molecule has 0 amide bonds. The first-order chi connectivity index (χ1) is 9.96. The van der Waals surface area contributed by atoms with Crippen LogP contribution in [0.1, 0.15) is 16.9 Å². The van der Waals surface area contributed by atoms with Crippen molar-refractivity contribution >= 4 is 10.0 Å². The lowest BCUT2D eigenvalue weighted by molar-refractivity contribution is 0.458. The number of furan rings is 1. The van der Waals surface area contributed by atoms with E-state index >= 15 is 0 Å². The summed E-state index contributed by atoms with van der Waals surface area (Å²) in [6.45, 7) is 2.62. The summed E-state index contributed by atoms with van der Waals surface area (Å²) < 4.78 is 32.0. The Hall–Kier alpha value is -1.63. The minimum absolute atomic E-state index is 0.290. The van der Waals surface area contributed by atoms with Crippen molar-refractivity contribution < 1.29 is 12.8 Å². The lowest BCUT2D eigenvalue weighted by atomic mass is 10.2. The first-order valence-corrected chi connectivity index (χ1v) is 8.12. The summed E-state index contributed by atoms with van der Waals surface area (Å²) in [5.74, 6) is 0.737. The SMILES string of the molecule is CNCc1ccccc1S(=O)(=O)N(C)Cc1ccoc1C. The van der Waals surface area contributed by atoms with E-state index < -0.39 is 10.0 Å². The number of sulfonamides is 1. The fraction of sp³-hybridized carbons (Fsp3) is 0.333. The Morgan fingerprint density at radius 2 is 1.90 bits per heavy atom. The zero-order valence-corrected chi connectivity index (χ0v) is 13.3. The monoisotopic (exact) mass is 308 g/mol. The van der Waals surface area contributed by atoms with E-state index in [1.165, 1.54) is 4.31 Å². The van der Waals surface area contributed by atoms with Gasteiger partial charge in [-0.3, -0.25) is 0 Å². The highest BCUT2D eigenvalue weighted by atomic mass is 32.2. The second-order valence-electron chi connectivity index (χ2n) is 4.90. The van der Waals surface area contributed by atoms with Gasteiger partial charge in [-0.05, 0) is 31.7 Å². The van der Waals surface area contributed by atoms with Crippen molar-refractivity contribution in [3.63, 3.8) is 0 Å². The largest absolute Gasteiger partial charge is 0.469 e. The van der Waals surface area contributed by atoms with Crippen LogP contribution in [0.4, 0.5) is 0 Å². The van der Waals surface area contributed by atoms with Gasteiger partial charge in [0.15, 0.2) is 0 Å². The Morgan fingerprint density at radius 1 is 1.19 bits per heavy atom. The van der Waals surface area contributed by atoms with Gasteiger partial charge in [-0.1, -0.05) is 18.2 Å². The van der Waals surface area contributed by atoms with Gasteiger partial charge in [-0.2, -0.15) is 4.31 Å². The fourth-order valence-corrected chi connectivity index (χ4v) is 3.53. The maximum Gasteiger partial charge on any atom is 0.243 e. The summed E-state index contributed by atoms with van der Waals surface area (Å²) in [6.07, 6.45) is 1.57. The smallest absolute Gasteiger partial charge is 0.243 e. The molecule has 0 atom stereocenters. The molecule has 2 rings (SSSR count). The molecular weight excluding hydrogens is 288 g/mol. The van der Waals surface area contributed by atoms with Crippen molar-refractivity contribution in [2.75, 3.05) is 14.1 Å². The lowest BCUT2D eigenvalue weighted by Gasteiger charge is -2.19. The summed E-state index contributed by atoms with van der Waals surface area (Å²) in [7, 11) is -0.158. The third kappa shape index (κ3) is 3.34. The Labute approximate surface area is 125 Å². The molecule has 0 fully saturated rings. The van der Waals surface area contributed by atoms with E-state index in [-0.39, 0.29) is 0 Å². The fourth-order valence-electron chi connectivity index (χ4n) is 2.16. The van der Waals surface area contributed by atoms with Crippen LogP contribution in [-0.2, 0) is 23.1 Å². The first kappa shape index (κ1) is 15.8. The molecule has 0 saturated heterocycles. The highest BCUT2D eigenvalue weighted by Crippen LogP contribution is 2.22. The van der Waals surface area contributed by atoms with Gasteiger partial charge in [0.05, 0.1) is 11.2 Å². The Bertz CT molecular complexity index is 707. The van der Waals surface area contributed by atoms with Crippen molar-refractivity contribution in [3.05, 3.63) is 53.5 Å². The van der Waals surface area contributed by atoms with Crippen molar-refractivity contribution in [2.24, 2.45) is 0 Å². The standard InChI is InChI=1S/C15H20N2O3S/c1-12-14(8-9-20-12)11-17(3)21(18,19)15-7-5-4-6-13(15)10-16-2/h4-9,16H,10-11H2,1-3H3. The Morgan fingerprint density at radius 3 is 2.52 bits per heavy atom. The Kier molecular flexibility index (Phi) is 4.82. The molecule has 0 aliphatic heterocycles. The second kappa shape index (κ2) is 6.43. The highest BCUT2D eigenvalue weighted by Gasteiger charge is 2.24. The summed E-state index contributed by atoms with van der Waals surface area (Å²) in [5, 5.41) is 2.99. The normalized spacial score (nSPS) is 12.0. The summed E-state index contributed by atoms with van der Waals surface area (Å²) in [6, 6.07) is 8.83. The molecule has 0 unspecified atom stereocenters. The number of hydrogen-bond donors (Lipinski definition) is 1. The van der Waals surface area contributed by atoms with Crippen LogP contribution in [0.2, 0.25) is 0 Å². The molecule has 6 heteroatoms. The molecule has 5 nitrogen and oxygen atoms in total. The molecule has 0 radical (unpaired) electrons. The molecule has 0 aliphatic carbocycles. The van der Waals surface area contributed by atoms with Gasteiger partial charge in [0.1, 0.15) is 5.76 Å². The summed E-state index contributed by atoms with van der Waals surface area (Å²) in [5.41, 5.74) is 1.63. The van der Waals surface area contributed by atoms with E-state index in [9.17, 15) is 8.42 Å². The number of hydrogen-bond acceptors (Lipinski definition) is 4. The molecular formula is C15H20N2O3S. The molecule has 1 aromatic carbocycles. The minimum atomic E-state index is -3.53. The van der Waals surface area contributed by atoms with Crippen LogP contribution in [-0.4, -0.2) is 26.8 Å². The molecule has 0 aliphatic rings. The van der Waals surface area contributed by atoms with Gasteiger partial charge >= 0.3 is 0 Å². The predicted octanol–water partition coefficient (Wildman–Crippen LogP) is 2.13. The van der Waals surface area contributed by atoms with E-state index in [1.54, 1.807) is 38.6 Å². The van der Waals surface area contributed by atoms with E-state index in [4.69, 9.17) is 4.42 Å². The third-order valence-corrected chi connectivity index (χ3v) is 5.29. The predicted molar refractivity (Wildman–Crippen MR) is 81.3 cm³/mol. The first-order valence-electron chi connectivity index (χ1n) is 6.68. The quantitative estimate of drug-likeness (QED) is 0.888. The molecule has 0 bridgehead atoms. The lowest BCUT2D eigenvalue weighted by Crippen LogP contribution is -2.28. The number of benzene rings is 1. The van der Waals surface area contributed by atoms with Gasteiger partial charge in [0.2, 0.25) is 10.0 Å². The van der Waals surface area contributed by atoms with Crippen molar-refractivity contribution in [3.8, 4) is 0 Å². The van der Waals surface area contributed by atoms with Crippen LogP contribution in [0, 0.1) is 6.92 Å². The van der Waals surface area contributed by atoms with Gasteiger partial charge < -0.3 is 9.73 Å². The average Bonchev–Trinajstić information content (AvgIpc) is 2.85. The summed E-state index contributed by atoms with van der Waals surface area (Å²) >= 11 is 0. The van der Waals surface area contributed by atoms with Crippen LogP contribution < -0.4 is 5.32 Å². The zero-order valence-electron chi connectivity index (χ0n) is 12.5. The van der Waals surface area contributed by atoms with E-state index in [0.717, 1.165) is 16.9 Å². The minimum Gasteiger partial charge on any atom is -0.469 e. The molecule has 1 N–H and O–H groups in total. The number of aryl methyl sites for hydroxylation is 1. The molecule has 21 heavy (non-hydrogen) atoms. The van der Waals surface area contributed by atoms with Gasteiger partial charge in [-0.25, -0.2) is 8.42 Å². The molecule has 1 aromatic heterocycles. The van der Waals surface area contributed by atoms with Gasteiger partial charge in [0, 0.05) is 25.7 Å². The third-order valence-electron chi connectivity index (χ3n) is 3.39. The number of nitrogens with zero attached hydrogens (tertiary/aromatic N) is 1. The van der Waals surface area contributed by atoms with Crippen LogP contribution in [0.15, 0.2) is 45.9 Å². The van der Waals surface area contributed by atoms with Gasteiger partial charge in [-0.15, -0.1) is 0 Å². The number of rotatable bonds is 6. The van der Waals surface area contributed by atoms with Crippen molar-refractivity contribution in [1.82, 2.24) is 9.62 Å². The molecule has 0 spiro atoms. The van der Waals surface area contributed by atoms with Crippen LogP contribution in [0.5, 0.6) is 0 Å². The van der Waals surface area contributed by atoms with Crippen LogP contribution in [0.25, 0.3) is 0 Å². The molecule has 1 heterocycles. The van der Waals surface area contributed by atoms with E-state index in [0.29, 0.717) is 18.0 Å². The maximum absolute atomic E-state index is 12.7. The average molecular weight is 308 g/mol. The Balaban J connectivity index is 2.31. The van der Waals surface area contributed by atoms with E-state index in [2.05, 4.69) is 5.32 Å². The number of nitrogens with one attached hydrogen (secondary N) is 1. The van der Waals surface area contributed by atoms with Crippen LogP contribution >= 0.6 is 0 Å². The second-order valence-corrected chi connectivity index (χ2v) is 6.91. The molecule has 114 valence electrons. The molecule has 0 saturated carbocycles. The summed E-state index contributed by atoms with van der Waals surface area (Å²) in [4.78, 5) is 0.336.